The Balaban J connectivity index is 1.66. The molecule has 0 radical (unpaired) electrons. The van der Waals surface area contributed by atoms with Crippen molar-refractivity contribution in [1.82, 2.24) is 14.6 Å². The van der Waals surface area contributed by atoms with Gasteiger partial charge in [-0.3, -0.25) is 4.79 Å². The summed E-state index contributed by atoms with van der Waals surface area (Å²) in [5.41, 5.74) is 1.25. The molecule has 0 saturated carbocycles. The molecule has 0 aliphatic rings. The fraction of sp³-hybridized carbons (Fsp3) is 0. The van der Waals surface area contributed by atoms with Crippen LogP contribution < -0.4 is 10.1 Å². The van der Waals surface area contributed by atoms with Crippen molar-refractivity contribution in [1.29, 1.82) is 0 Å². The summed E-state index contributed by atoms with van der Waals surface area (Å²) >= 11 is 1.21. The number of rotatable bonds is 3. The van der Waals surface area contributed by atoms with Gasteiger partial charge in [0, 0.05) is 0 Å². The maximum atomic E-state index is 13.0. The number of nitrogens with zero attached hydrogens (tertiary/aromatic N) is 3. The molecule has 4 rings (SSSR count). The summed E-state index contributed by atoms with van der Waals surface area (Å²) < 4.78 is 27.6. The molecule has 2 heterocycles. The van der Waals surface area contributed by atoms with Crippen LogP contribution in [0.4, 0.5) is 8.78 Å². The lowest BCUT2D eigenvalue weighted by molar-refractivity contribution is 0.627. The Morgan fingerprint density at radius 3 is 2.12 bits per heavy atom. The van der Waals surface area contributed by atoms with Gasteiger partial charge in [-0.25, -0.2) is 8.78 Å². The normalized spacial score (nSPS) is 12.5. The first-order chi connectivity index (χ1) is 12.6. The first kappa shape index (κ1) is 16.3. The average molecular weight is 367 g/mol. The molecule has 0 unspecified atom stereocenters. The van der Waals surface area contributed by atoms with Crippen LogP contribution in [-0.2, 0) is 0 Å². The van der Waals surface area contributed by atoms with Gasteiger partial charge in [0.15, 0.2) is 5.82 Å². The summed E-state index contributed by atoms with van der Waals surface area (Å²) in [6.45, 7) is 0. The molecule has 4 aromatic rings. The van der Waals surface area contributed by atoms with E-state index in [2.05, 4.69) is 10.1 Å². The Kier molecular flexibility index (Phi) is 4.14. The molecule has 26 heavy (non-hydrogen) atoms. The van der Waals surface area contributed by atoms with Crippen molar-refractivity contribution in [2.24, 2.45) is 0 Å². The van der Waals surface area contributed by atoms with Crippen molar-refractivity contribution in [2.75, 3.05) is 0 Å². The molecule has 128 valence electrons. The van der Waals surface area contributed by atoms with Crippen molar-refractivity contribution in [3.63, 3.8) is 0 Å². The van der Waals surface area contributed by atoms with Crippen LogP contribution in [0.25, 0.3) is 23.2 Å². The Labute approximate surface area is 150 Å². The van der Waals surface area contributed by atoms with Crippen LogP contribution in [0.2, 0.25) is 0 Å². The maximum Gasteiger partial charge on any atom is 0.291 e. The SMILES string of the molecule is O=c1/c(=C\c2ccc(F)cc2)sc2nc(/C=C/c3ccc(F)cc3)nn12. The average Bonchev–Trinajstić information content (AvgIpc) is 3.16. The van der Waals surface area contributed by atoms with Crippen molar-refractivity contribution in [3.8, 4) is 0 Å². The quantitative estimate of drug-likeness (QED) is 0.559. The first-order valence-electron chi connectivity index (χ1n) is 7.69. The summed E-state index contributed by atoms with van der Waals surface area (Å²) in [5, 5.41) is 4.18. The first-order valence-corrected chi connectivity index (χ1v) is 8.51. The highest BCUT2D eigenvalue weighted by Gasteiger charge is 2.08. The van der Waals surface area contributed by atoms with Gasteiger partial charge in [-0.1, -0.05) is 41.7 Å². The van der Waals surface area contributed by atoms with Gasteiger partial charge in [-0.15, -0.1) is 5.10 Å². The number of benzene rings is 2. The third kappa shape index (κ3) is 3.29. The van der Waals surface area contributed by atoms with Gasteiger partial charge in [-0.2, -0.15) is 9.50 Å². The lowest BCUT2D eigenvalue weighted by Crippen LogP contribution is -2.23. The zero-order valence-electron chi connectivity index (χ0n) is 13.3. The van der Waals surface area contributed by atoms with Gasteiger partial charge in [0.05, 0.1) is 4.53 Å². The minimum Gasteiger partial charge on any atom is -0.266 e. The maximum absolute atomic E-state index is 13.0. The zero-order chi connectivity index (χ0) is 18.1. The van der Waals surface area contributed by atoms with E-state index in [1.807, 2.05) is 0 Å². The van der Waals surface area contributed by atoms with E-state index >= 15 is 0 Å². The molecule has 0 aliphatic heterocycles. The topological polar surface area (TPSA) is 47.3 Å². The van der Waals surface area contributed by atoms with E-state index in [1.165, 1.54) is 40.1 Å². The molecule has 2 aromatic carbocycles. The number of aromatic nitrogens is 3. The van der Waals surface area contributed by atoms with Gasteiger partial charge in [-0.05, 0) is 47.5 Å². The van der Waals surface area contributed by atoms with E-state index in [0.29, 0.717) is 15.3 Å². The van der Waals surface area contributed by atoms with Crippen molar-refractivity contribution in [3.05, 3.63) is 92.0 Å². The Morgan fingerprint density at radius 2 is 1.50 bits per heavy atom. The van der Waals surface area contributed by atoms with E-state index in [0.717, 1.165) is 11.1 Å². The Morgan fingerprint density at radius 1 is 0.885 bits per heavy atom. The number of halogens is 2. The van der Waals surface area contributed by atoms with Gasteiger partial charge in [0.1, 0.15) is 11.6 Å². The molecule has 0 aliphatic carbocycles. The molecular weight excluding hydrogens is 356 g/mol. The molecule has 0 amide bonds. The second-order valence-electron chi connectivity index (χ2n) is 5.52. The molecule has 0 fully saturated rings. The molecule has 7 heteroatoms. The highest BCUT2D eigenvalue weighted by Crippen LogP contribution is 2.09. The highest BCUT2D eigenvalue weighted by molar-refractivity contribution is 7.15. The van der Waals surface area contributed by atoms with Crippen LogP contribution in [-0.4, -0.2) is 14.6 Å². The van der Waals surface area contributed by atoms with Crippen molar-refractivity contribution >= 4 is 34.5 Å². The van der Waals surface area contributed by atoms with Crippen LogP contribution in [0.3, 0.4) is 0 Å². The summed E-state index contributed by atoms with van der Waals surface area (Å²) in [7, 11) is 0. The smallest absolute Gasteiger partial charge is 0.266 e. The van der Waals surface area contributed by atoms with Crippen LogP contribution in [0.15, 0.2) is 53.3 Å². The van der Waals surface area contributed by atoms with Gasteiger partial charge in [0.2, 0.25) is 4.96 Å². The number of thiazole rings is 1. The number of hydrogen-bond acceptors (Lipinski definition) is 4. The van der Waals surface area contributed by atoms with Crippen molar-refractivity contribution in [2.45, 2.75) is 0 Å². The molecule has 0 spiro atoms. The van der Waals surface area contributed by atoms with E-state index in [1.54, 1.807) is 42.5 Å². The fourth-order valence-corrected chi connectivity index (χ4v) is 3.29. The third-order valence-electron chi connectivity index (χ3n) is 3.66. The number of fused-ring (bicyclic) bond motifs is 1. The third-order valence-corrected chi connectivity index (χ3v) is 4.62. The van der Waals surface area contributed by atoms with Gasteiger partial charge >= 0.3 is 0 Å². The largest absolute Gasteiger partial charge is 0.291 e. The molecular formula is C19H11F2N3OS. The standard InChI is InChI=1S/C19H11F2N3OS/c20-14-6-1-12(2-7-14)5-10-17-22-19-24(23-17)18(25)16(26-19)11-13-3-8-15(21)9-4-13/h1-11H/b10-5+,16-11+. The fourth-order valence-electron chi connectivity index (χ4n) is 2.37. The Bertz CT molecular complexity index is 1210. The minimum atomic E-state index is -0.329. The second kappa shape index (κ2) is 6.61. The van der Waals surface area contributed by atoms with Crippen LogP contribution in [0, 0.1) is 11.6 Å². The number of hydrogen-bond donors (Lipinski definition) is 0. The molecule has 0 atom stereocenters. The summed E-state index contributed by atoms with van der Waals surface area (Å²) in [6.07, 6.45) is 5.08. The molecule has 2 aromatic heterocycles. The monoisotopic (exact) mass is 367 g/mol. The molecule has 0 saturated heterocycles. The van der Waals surface area contributed by atoms with Crippen LogP contribution in [0.1, 0.15) is 17.0 Å². The van der Waals surface area contributed by atoms with Crippen LogP contribution >= 0.6 is 11.3 Å². The summed E-state index contributed by atoms with van der Waals surface area (Å²) in [6, 6.07) is 11.9. The lowest BCUT2D eigenvalue weighted by Gasteiger charge is -1.91. The van der Waals surface area contributed by atoms with Gasteiger partial charge in [0.25, 0.3) is 5.56 Å². The summed E-state index contributed by atoms with van der Waals surface area (Å²) in [5.74, 6) is -0.237. The highest BCUT2D eigenvalue weighted by atomic mass is 32.1. The van der Waals surface area contributed by atoms with E-state index < -0.39 is 0 Å². The van der Waals surface area contributed by atoms with E-state index in [9.17, 15) is 13.6 Å². The van der Waals surface area contributed by atoms with Gasteiger partial charge < -0.3 is 0 Å². The van der Waals surface area contributed by atoms with E-state index in [-0.39, 0.29) is 17.2 Å². The van der Waals surface area contributed by atoms with Crippen molar-refractivity contribution < 1.29 is 8.78 Å². The summed E-state index contributed by atoms with van der Waals surface area (Å²) in [4.78, 5) is 17.2. The van der Waals surface area contributed by atoms with Crippen LogP contribution in [0.5, 0.6) is 0 Å². The lowest BCUT2D eigenvalue weighted by atomic mass is 10.2. The molecule has 0 N–H and O–H groups in total. The predicted molar refractivity (Wildman–Crippen MR) is 97.6 cm³/mol. The predicted octanol–water partition coefficient (Wildman–Crippen LogP) is 3.15. The minimum absolute atomic E-state index is 0.275. The van der Waals surface area contributed by atoms with E-state index in [4.69, 9.17) is 0 Å². The second-order valence-corrected chi connectivity index (χ2v) is 6.53. The zero-order valence-corrected chi connectivity index (χ0v) is 14.1. The Hall–Kier alpha value is -3.19. The molecule has 0 bridgehead atoms. The molecule has 4 nitrogen and oxygen atoms in total.